The van der Waals surface area contributed by atoms with Gasteiger partial charge in [-0.2, -0.15) is 0 Å². The molecule has 0 spiro atoms. The van der Waals surface area contributed by atoms with Crippen LogP contribution in [0, 0.1) is 11.8 Å². The molecule has 0 saturated heterocycles. The molecule has 2 N–H and O–H groups in total. The van der Waals surface area contributed by atoms with Crippen LogP contribution in [0.4, 0.5) is 0 Å². The molecule has 0 aromatic heterocycles. The zero-order valence-corrected chi connectivity index (χ0v) is 10.0. The number of nitrogens with two attached hydrogens (primary N) is 1. The van der Waals surface area contributed by atoms with Crippen molar-refractivity contribution in [1.82, 2.24) is 4.90 Å². The maximum Gasteiger partial charge on any atom is 0.225 e. The molecule has 0 aliphatic heterocycles. The molecule has 1 aliphatic rings. The second kappa shape index (κ2) is 6.11. The third kappa shape index (κ3) is 3.82. The Kier molecular flexibility index (Phi) is 5.09. The average molecular weight is 212 g/mol. The molecular formula is C12H24N2O. The monoisotopic (exact) mass is 212 g/mol. The molecule has 15 heavy (non-hydrogen) atoms. The van der Waals surface area contributed by atoms with Crippen molar-refractivity contribution in [2.24, 2.45) is 17.6 Å². The van der Waals surface area contributed by atoms with Gasteiger partial charge in [0.25, 0.3) is 0 Å². The van der Waals surface area contributed by atoms with E-state index in [0.717, 1.165) is 25.3 Å². The van der Waals surface area contributed by atoms with E-state index in [-0.39, 0.29) is 11.8 Å². The first-order chi connectivity index (χ1) is 7.15. The summed E-state index contributed by atoms with van der Waals surface area (Å²) >= 11 is 0. The lowest BCUT2D eigenvalue weighted by molar-refractivity contribution is -0.134. The van der Waals surface area contributed by atoms with Gasteiger partial charge in [-0.25, -0.2) is 0 Å². The molecule has 1 aliphatic carbocycles. The van der Waals surface area contributed by atoms with Crippen molar-refractivity contribution < 1.29 is 4.79 Å². The van der Waals surface area contributed by atoms with Gasteiger partial charge < -0.3 is 10.6 Å². The molecule has 1 saturated carbocycles. The highest BCUT2D eigenvalue weighted by molar-refractivity contribution is 5.78. The predicted octanol–water partition coefficient (Wildman–Crippen LogP) is 1.62. The first-order valence-electron chi connectivity index (χ1n) is 6.10. The Morgan fingerprint density at radius 3 is 2.67 bits per heavy atom. The van der Waals surface area contributed by atoms with E-state index in [1.54, 1.807) is 0 Å². The van der Waals surface area contributed by atoms with Gasteiger partial charge in [0.1, 0.15) is 0 Å². The minimum Gasteiger partial charge on any atom is -0.345 e. The van der Waals surface area contributed by atoms with Gasteiger partial charge in [0.05, 0.1) is 0 Å². The fourth-order valence-corrected chi connectivity index (χ4v) is 2.08. The van der Waals surface area contributed by atoms with E-state index in [9.17, 15) is 4.79 Å². The van der Waals surface area contributed by atoms with Crippen molar-refractivity contribution in [2.45, 2.75) is 39.0 Å². The van der Waals surface area contributed by atoms with Gasteiger partial charge in [-0.1, -0.05) is 13.3 Å². The standard InChI is InChI=1S/C12H24N2O/c1-10(5-4-8-13)12(15)14(2)9-11-6-3-7-11/h10-11H,3-9,13H2,1-2H3. The molecule has 1 atom stereocenters. The molecule has 3 heteroatoms. The second-order valence-corrected chi connectivity index (χ2v) is 4.85. The molecule has 1 rings (SSSR count). The summed E-state index contributed by atoms with van der Waals surface area (Å²) in [4.78, 5) is 13.8. The Morgan fingerprint density at radius 2 is 2.20 bits per heavy atom. The Hall–Kier alpha value is -0.570. The topological polar surface area (TPSA) is 46.3 Å². The summed E-state index contributed by atoms with van der Waals surface area (Å²) < 4.78 is 0. The van der Waals surface area contributed by atoms with E-state index in [4.69, 9.17) is 5.73 Å². The summed E-state index contributed by atoms with van der Waals surface area (Å²) in [6.07, 6.45) is 5.81. The summed E-state index contributed by atoms with van der Waals surface area (Å²) in [5.41, 5.74) is 5.44. The highest BCUT2D eigenvalue weighted by Crippen LogP contribution is 2.27. The van der Waals surface area contributed by atoms with Gasteiger partial charge in [-0.3, -0.25) is 4.79 Å². The zero-order chi connectivity index (χ0) is 11.3. The summed E-state index contributed by atoms with van der Waals surface area (Å²) in [5, 5.41) is 0. The molecule has 0 heterocycles. The molecule has 1 amide bonds. The van der Waals surface area contributed by atoms with Crippen LogP contribution in [0.1, 0.15) is 39.0 Å². The van der Waals surface area contributed by atoms with E-state index >= 15 is 0 Å². The van der Waals surface area contributed by atoms with Gasteiger partial charge in [0.2, 0.25) is 5.91 Å². The molecule has 3 nitrogen and oxygen atoms in total. The van der Waals surface area contributed by atoms with E-state index in [2.05, 4.69) is 0 Å². The SMILES string of the molecule is CC(CCCN)C(=O)N(C)CC1CCC1. The van der Waals surface area contributed by atoms with Crippen LogP contribution in [0.5, 0.6) is 0 Å². The molecule has 88 valence electrons. The smallest absolute Gasteiger partial charge is 0.225 e. The van der Waals surface area contributed by atoms with Gasteiger partial charge in [-0.15, -0.1) is 0 Å². The van der Waals surface area contributed by atoms with Crippen LogP contribution in [-0.2, 0) is 4.79 Å². The number of hydrogen-bond acceptors (Lipinski definition) is 2. The second-order valence-electron chi connectivity index (χ2n) is 4.85. The van der Waals surface area contributed by atoms with Crippen LogP contribution in [-0.4, -0.2) is 30.9 Å². The average Bonchev–Trinajstić information content (AvgIpc) is 2.18. The summed E-state index contributed by atoms with van der Waals surface area (Å²) in [6, 6.07) is 0. The van der Waals surface area contributed by atoms with Crippen molar-refractivity contribution >= 4 is 5.91 Å². The Labute approximate surface area is 93.0 Å². The predicted molar refractivity (Wildman–Crippen MR) is 62.4 cm³/mol. The highest BCUT2D eigenvalue weighted by atomic mass is 16.2. The lowest BCUT2D eigenvalue weighted by Gasteiger charge is -2.31. The zero-order valence-electron chi connectivity index (χ0n) is 10.0. The fraction of sp³-hybridized carbons (Fsp3) is 0.917. The summed E-state index contributed by atoms with van der Waals surface area (Å²) in [7, 11) is 1.93. The Morgan fingerprint density at radius 1 is 1.53 bits per heavy atom. The van der Waals surface area contributed by atoms with Crippen molar-refractivity contribution in [3.63, 3.8) is 0 Å². The third-order valence-corrected chi connectivity index (χ3v) is 3.40. The lowest BCUT2D eigenvalue weighted by Crippen LogP contribution is -2.37. The van der Waals surface area contributed by atoms with E-state index in [1.165, 1.54) is 19.3 Å². The normalized spacial score (nSPS) is 18.3. The van der Waals surface area contributed by atoms with Gasteiger partial charge in [-0.05, 0) is 38.1 Å². The number of carbonyl (C=O) groups is 1. The van der Waals surface area contributed by atoms with Gasteiger partial charge in [0.15, 0.2) is 0 Å². The maximum absolute atomic E-state index is 11.9. The Bertz CT molecular complexity index is 202. The fourth-order valence-electron chi connectivity index (χ4n) is 2.08. The minimum atomic E-state index is 0.138. The number of rotatable bonds is 6. The van der Waals surface area contributed by atoms with Crippen LogP contribution in [0.2, 0.25) is 0 Å². The molecule has 0 aromatic carbocycles. The van der Waals surface area contributed by atoms with Crippen LogP contribution in [0.25, 0.3) is 0 Å². The van der Waals surface area contributed by atoms with Crippen LogP contribution in [0.15, 0.2) is 0 Å². The van der Waals surface area contributed by atoms with Gasteiger partial charge >= 0.3 is 0 Å². The van der Waals surface area contributed by atoms with Crippen LogP contribution >= 0.6 is 0 Å². The molecular weight excluding hydrogens is 188 g/mol. The van der Waals surface area contributed by atoms with Crippen molar-refractivity contribution in [3.8, 4) is 0 Å². The lowest BCUT2D eigenvalue weighted by atomic mass is 9.85. The van der Waals surface area contributed by atoms with Crippen molar-refractivity contribution in [1.29, 1.82) is 0 Å². The molecule has 1 unspecified atom stereocenters. The van der Waals surface area contributed by atoms with Crippen molar-refractivity contribution in [3.05, 3.63) is 0 Å². The number of hydrogen-bond donors (Lipinski definition) is 1. The minimum absolute atomic E-state index is 0.138. The van der Waals surface area contributed by atoms with E-state index in [0.29, 0.717) is 6.54 Å². The van der Waals surface area contributed by atoms with Gasteiger partial charge in [0, 0.05) is 19.5 Å². The Balaban J connectivity index is 2.23. The first kappa shape index (κ1) is 12.5. The molecule has 0 bridgehead atoms. The maximum atomic E-state index is 11.9. The number of carbonyl (C=O) groups excluding carboxylic acids is 1. The number of nitrogens with zero attached hydrogens (tertiary/aromatic N) is 1. The molecule has 0 radical (unpaired) electrons. The number of amides is 1. The third-order valence-electron chi connectivity index (χ3n) is 3.40. The first-order valence-corrected chi connectivity index (χ1v) is 6.10. The molecule has 0 aromatic rings. The summed E-state index contributed by atoms with van der Waals surface area (Å²) in [5.74, 6) is 1.19. The van der Waals surface area contributed by atoms with Crippen LogP contribution < -0.4 is 5.73 Å². The van der Waals surface area contributed by atoms with Crippen molar-refractivity contribution in [2.75, 3.05) is 20.1 Å². The van der Waals surface area contributed by atoms with E-state index in [1.807, 2.05) is 18.9 Å². The van der Waals surface area contributed by atoms with E-state index < -0.39 is 0 Å². The summed E-state index contributed by atoms with van der Waals surface area (Å²) in [6.45, 7) is 3.64. The van der Waals surface area contributed by atoms with Crippen LogP contribution in [0.3, 0.4) is 0 Å². The highest BCUT2D eigenvalue weighted by Gasteiger charge is 2.23. The quantitative estimate of drug-likeness (QED) is 0.727. The largest absolute Gasteiger partial charge is 0.345 e. The molecule has 1 fully saturated rings.